The van der Waals surface area contributed by atoms with Crippen molar-refractivity contribution in [2.45, 2.75) is 77.9 Å². The van der Waals surface area contributed by atoms with E-state index in [9.17, 15) is 9.59 Å². The van der Waals surface area contributed by atoms with Crippen LogP contribution < -0.4 is 5.32 Å². The Morgan fingerprint density at radius 3 is 2.35 bits per heavy atom. The van der Waals surface area contributed by atoms with Crippen LogP contribution in [0.1, 0.15) is 59.8 Å². The van der Waals surface area contributed by atoms with E-state index in [0.717, 1.165) is 12.8 Å². The average Bonchev–Trinajstić information content (AvgIpc) is 2.91. The molecule has 0 radical (unpaired) electrons. The number of carbonyl (C=O) groups is 2. The number of fused-ring (bicyclic) bond motifs is 1. The molecule has 0 aromatic heterocycles. The van der Waals surface area contributed by atoms with E-state index >= 15 is 0 Å². The lowest BCUT2D eigenvalue weighted by Gasteiger charge is -2.38. The number of ether oxygens (including phenoxy) is 1. The predicted molar refractivity (Wildman–Crippen MR) is 90.0 cm³/mol. The van der Waals surface area contributed by atoms with E-state index < -0.39 is 12.1 Å². The van der Waals surface area contributed by atoms with Gasteiger partial charge in [-0.25, -0.2) is 4.79 Å². The normalized spacial score (nSPS) is 28.7. The van der Waals surface area contributed by atoms with Crippen molar-refractivity contribution in [1.29, 1.82) is 0 Å². The van der Waals surface area contributed by atoms with Gasteiger partial charge in [-0.05, 0) is 37.0 Å². The fraction of sp³-hybridized carbons (Fsp3) is 0.889. The highest BCUT2D eigenvalue weighted by Gasteiger charge is 2.47. The van der Waals surface area contributed by atoms with Gasteiger partial charge in [0, 0.05) is 12.1 Å². The van der Waals surface area contributed by atoms with Gasteiger partial charge in [0.05, 0.1) is 7.11 Å². The molecule has 0 spiro atoms. The Morgan fingerprint density at radius 1 is 1.13 bits per heavy atom. The zero-order chi connectivity index (χ0) is 17.1. The monoisotopic (exact) mass is 324 g/mol. The first-order chi connectivity index (χ1) is 10.9. The number of carbonyl (C=O) groups excluding carboxylic acids is 2. The first-order valence-electron chi connectivity index (χ1n) is 9.03. The van der Waals surface area contributed by atoms with E-state index in [2.05, 4.69) is 24.1 Å². The van der Waals surface area contributed by atoms with E-state index in [0.29, 0.717) is 17.9 Å². The van der Waals surface area contributed by atoms with Crippen molar-refractivity contribution in [3.63, 3.8) is 0 Å². The zero-order valence-electron chi connectivity index (χ0n) is 15.2. The van der Waals surface area contributed by atoms with Crippen LogP contribution >= 0.6 is 0 Å². The van der Waals surface area contributed by atoms with Crippen LogP contribution in [-0.4, -0.2) is 42.1 Å². The molecule has 1 N–H and O–H groups in total. The number of hydrogen-bond donors (Lipinski definition) is 1. The molecule has 1 saturated carbocycles. The second-order valence-corrected chi connectivity index (χ2v) is 7.76. The van der Waals surface area contributed by atoms with Gasteiger partial charge >= 0.3 is 6.09 Å². The zero-order valence-corrected chi connectivity index (χ0v) is 15.2. The molecule has 1 heterocycles. The first-order valence-corrected chi connectivity index (χ1v) is 9.03. The van der Waals surface area contributed by atoms with Crippen molar-refractivity contribution in [2.24, 2.45) is 17.8 Å². The van der Waals surface area contributed by atoms with E-state index in [1.165, 1.54) is 26.4 Å². The van der Waals surface area contributed by atoms with Crippen molar-refractivity contribution >= 4 is 12.0 Å². The fourth-order valence-electron chi connectivity index (χ4n) is 4.28. The highest BCUT2D eigenvalue weighted by Crippen LogP contribution is 2.42. The second-order valence-electron chi connectivity index (χ2n) is 7.76. The molecule has 4 atom stereocenters. The van der Waals surface area contributed by atoms with Crippen molar-refractivity contribution < 1.29 is 14.3 Å². The summed E-state index contributed by atoms with van der Waals surface area (Å²) < 4.78 is 4.70. The molecule has 0 bridgehead atoms. The number of nitrogens with zero attached hydrogens (tertiary/aromatic N) is 1. The highest BCUT2D eigenvalue weighted by molar-refractivity contribution is 5.86. The molecule has 0 aromatic rings. The summed E-state index contributed by atoms with van der Waals surface area (Å²) in [6.07, 6.45) is 5.39. The van der Waals surface area contributed by atoms with Crippen LogP contribution in [-0.2, 0) is 9.53 Å². The van der Waals surface area contributed by atoms with Crippen LogP contribution in [0.3, 0.4) is 0 Å². The molecule has 5 nitrogen and oxygen atoms in total. The van der Waals surface area contributed by atoms with Gasteiger partial charge in [0.1, 0.15) is 6.04 Å². The quantitative estimate of drug-likeness (QED) is 0.864. The molecule has 1 aliphatic carbocycles. The first kappa shape index (κ1) is 18.1. The van der Waals surface area contributed by atoms with Crippen LogP contribution in [0.25, 0.3) is 0 Å². The summed E-state index contributed by atoms with van der Waals surface area (Å²) in [6, 6.07) is 0.130. The largest absolute Gasteiger partial charge is 0.453 e. The summed E-state index contributed by atoms with van der Waals surface area (Å²) in [5.41, 5.74) is 0. The summed E-state index contributed by atoms with van der Waals surface area (Å²) >= 11 is 0. The summed E-state index contributed by atoms with van der Waals surface area (Å²) in [4.78, 5) is 27.0. The second kappa shape index (κ2) is 7.54. The Balaban J connectivity index is 2.22. The molecule has 2 aliphatic rings. The minimum Gasteiger partial charge on any atom is -0.453 e. The maximum atomic E-state index is 13.3. The molecule has 2 rings (SSSR count). The number of likely N-dealkylation sites (tertiary alicyclic amines) is 1. The Bertz CT molecular complexity index is 434. The van der Waals surface area contributed by atoms with E-state index in [1.807, 2.05) is 13.8 Å². The summed E-state index contributed by atoms with van der Waals surface area (Å²) in [6.45, 7) is 8.33. The molecule has 23 heavy (non-hydrogen) atoms. The van der Waals surface area contributed by atoms with Crippen LogP contribution in [0.4, 0.5) is 4.79 Å². The van der Waals surface area contributed by atoms with Gasteiger partial charge in [-0.1, -0.05) is 40.5 Å². The van der Waals surface area contributed by atoms with Crippen molar-refractivity contribution in [3.05, 3.63) is 0 Å². The minimum absolute atomic E-state index is 0.0389. The van der Waals surface area contributed by atoms with Gasteiger partial charge in [0.15, 0.2) is 0 Å². The standard InChI is InChI=1S/C18H32N2O3/c1-11(2)15-10-13-8-6-7-9-14(13)20(15)17(21)16(12(3)4)19-18(22)23-5/h11-16H,6-10H2,1-5H3,(H,19,22)/t13-,14-,15+,16+/m1/s1. The third-order valence-corrected chi connectivity index (χ3v) is 5.54. The number of nitrogens with one attached hydrogen (secondary N) is 1. The average molecular weight is 324 g/mol. The molecule has 1 saturated heterocycles. The summed E-state index contributed by atoms with van der Waals surface area (Å²) in [7, 11) is 1.33. The van der Waals surface area contributed by atoms with Gasteiger partial charge < -0.3 is 15.0 Å². The SMILES string of the molecule is COC(=O)N[C@H](C(=O)N1[C@@H]2CCCC[C@@H]2C[C@H]1C(C)C)C(C)C. The lowest BCUT2D eigenvalue weighted by Crippen LogP contribution is -2.56. The molecular formula is C18H32N2O3. The third-order valence-electron chi connectivity index (χ3n) is 5.54. The number of hydrogen-bond acceptors (Lipinski definition) is 3. The van der Waals surface area contributed by atoms with Gasteiger partial charge in [0.2, 0.25) is 5.91 Å². The molecule has 5 heteroatoms. The Kier molecular flexibility index (Phi) is 5.93. The molecule has 2 amide bonds. The summed E-state index contributed by atoms with van der Waals surface area (Å²) in [5.74, 6) is 1.18. The summed E-state index contributed by atoms with van der Waals surface area (Å²) in [5, 5.41) is 2.75. The topological polar surface area (TPSA) is 58.6 Å². The van der Waals surface area contributed by atoms with Gasteiger partial charge in [-0.3, -0.25) is 4.79 Å². The maximum Gasteiger partial charge on any atom is 0.407 e. The van der Waals surface area contributed by atoms with E-state index in [-0.39, 0.29) is 17.9 Å². The number of alkyl carbamates (subject to hydrolysis) is 1. The van der Waals surface area contributed by atoms with Crippen molar-refractivity contribution in [3.8, 4) is 0 Å². The fourth-order valence-corrected chi connectivity index (χ4v) is 4.28. The molecule has 0 aromatic carbocycles. The molecule has 0 unspecified atom stereocenters. The number of methoxy groups -OCH3 is 1. The third kappa shape index (κ3) is 3.81. The smallest absolute Gasteiger partial charge is 0.407 e. The van der Waals surface area contributed by atoms with Crippen LogP contribution in [0.5, 0.6) is 0 Å². The number of rotatable bonds is 4. The van der Waals surface area contributed by atoms with Crippen molar-refractivity contribution in [1.82, 2.24) is 10.2 Å². The molecule has 132 valence electrons. The van der Waals surface area contributed by atoms with Crippen molar-refractivity contribution in [2.75, 3.05) is 7.11 Å². The van der Waals surface area contributed by atoms with Crippen LogP contribution in [0.15, 0.2) is 0 Å². The molecule has 1 aliphatic heterocycles. The Morgan fingerprint density at radius 2 is 1.78 bits per heavy atom. The highest BCUT2D eigenvalue weighted by atomic mass is 16.5. The molecular weight excluding hydrogens is 292 g/mol. The lowest BCUT2D eigenvalue weighted by molar-refractivity contribution is -0.139. The van der Waals surface area contributed by atoms with Gasteiger partial charge in [-0.2, -0.15) is 0 Å². The lowest BCUT2D eigenvalue weighted by atomic mass is 9.84. The Labute approximate surface area is 140 Å². The molecule has 2 fully saturated rings. The Hall–Kier alpha value is -1.26. The van der Waals surface area contributed by atoms with Gasteiger partial charge in [0.25, 0.3) is 0 Å². The van der Waals surface area contributed by atoms with Gasteiger partial charge in [-0.15, -0.1) is 0 Å². The number of amides is 2. The minimum atomic E-state index is -0.530. The predicted octanol–water partition coefficient (Wildman–Crippen LogP) is 3.18. The maximum absolute atomic E-state index is 13.3. The van der Waals surface area contributed by atoms with E-state index in [4.69, 9.17) is 4.74 Å². The van der Waals surface area contributed by atoms with Crippen LogP contribution in [0, 0.1) is 17.8 Å². The van der Waals surface area contributed by atoms with Crippen LogP contribution in [0.2, 0.25) is 0 Å². The van der Waals surface area contributed by atoms with E-state index in [1.54, 1.807) is 0 Å².